The zero-order chi connectivity index (χ0) is 23.5. The number of nitrogens with zero attached hydrogens (tertiary/aromatic N) is 6. The van der Waals surface area contributed by atoms with E-state index >= 15 is 0 Å². The molecule has 0 bridgehead atoms. The number of nitrogens with one attached hydrogen (secondary N) is 1. The van der Waals surface area contributed by atoms with Gasteiger partial charge in [0.25, 0.3) is 0 Å². The molecule has 2 aromatic carbocycles. The van der Waals surface area contributed by atoms with Gasteiger partial charge in [0.1, 0.15) is 24.7 Å². The largest absolute Gasteiger partial charge is 0.492 e. The fraction of sp³-hybridized carbons (Fsp3) is 0.400. The van der Waals surface area contributed by atoms with Crippen molar-refractivity contribution in [2.24, 2.45) is 12.0 Å². The summed E-state index contributed by atoms with van der Waals surface area (Å²) in [6, 6.07) is 20.3. The summed E-state index contributed by atoms with van der Waals surface area (Å²) >= 11 is 0. The topological polar surface area (TPSA) is 70.8 Å². The maximum absolute atomic E-state index is 5.86. The molecule has 34 heavy (non-hydrogen) atoms. The van der Waals surface area contributed by atoms with E-state index in [1.165, 1.54) is 5.69 Å². The Morgan fingerprint density at radius 2 is 1.68 bits per heavy atom. The maximum atomic E-state index is 5.86. The zero-order valence-corrected chi connectivity index (χ0v) is 22.8. The standard InChI is InChI=1S/C25H35N7O.HI/c1-21-28-29-24(32(21)4)20-27-25(31(3)18-19-33-23-14-9-6-10-15-23)26-16-11-17-30(2)22-12-7-5-8-13-22;/h5-10,12-15H,11,16-20H2,1-4H3,(H,26,27);1H. The molecule has 0 atom stereocenters. The highest BCUT2D eigenvalue weighted by Gasteiger charge is 2.10. The number of rotatable bonds is 11. The van der Waals surface area contributed by atoms with Gasteiger partial charge in [0.05, 0.1) is 6.54 Å². The van der Waals surface area contributed by atoms with Crippen molar-refractivity contribution in [2.45, 2.75) is 19.9 Å². The lowest BCUT2D eigenvalue weighted by molar-refractivity contribution is 0.281. The number of aryl methyl sites for hydroxylation is 1. The molecule has 184 valence electrons. The van der Waals surface area contributed by atoms with Crippen molar-refractivity contribution in [3.63, 3.8) is 0 Å². The number of guanidine groups is 1. The van der Waals surface area contributed by atoms with Crippen molar-refractivity contribution in [1.29, 1.82) is 0 Å². The minimum Gasteiger partial charge on any atom is -0.492 e. The second kappa shape index (κ2) is 14.4. The molecule has 0 aliphatic heterocycles. The quantitative estimate of drug-likeness (QED) is 0.162. The van der Waals surface area contributed by atoms with Crippen LogP contribution in [0.5, 0.6) is 5.75 Å². The van der Waals surface area contributed by atoms with Crippen LogP contribution in [0, 0.1) is 6.92 Å². The van der Waals surface area contributed by atoms with Crippen LogP contribution in [0.4, 0.5) is 5.69 Å². The van der Waals surface area contributed by atoms with Crippen LogP contribution in [0.25, 0.3) is 0 Å². The first-order chi connectivity index (χ1) is 16.0. The molecule has 0 radical (unpaired) electrons. The van der Waals surface area contributed by atoms with E-state index in [1.807, 2.05) is 62.0 Å². The van der Waals surface area contributed by atoms with E-state index in [-0.39, 0.29) is 24.0 Å². The maximum Gasteiger partial charge on any atom is 0.194 e. The molecule has 1 N–H and O–H groups in total. The molecule has 1 heterocycles. The van der Waals surface area contributed by atoms with Crippen LogP contribution in [0.3, 0.4) is 0 Å². The lowest BCUT2D eigenvalue weighted by Crippen LogP contribution is -2.42. The molecular weight excluding hydrogens is 541 g/mol. The number of anilines is 1. The highest BCUT2D eigenvalue weighted by Crippen LogP contribution is 2.11. The molecule has 0 spiro atoms. The van der Waals surface area contributed by atoms with Crippen LogP contribution >= 0.6 is 24.0 Å². The second-order valence-corrected chi connectivity index (χ2v) is 7.98. The summed E-state index contributed by atoms with van der Waals surface area (Å²) in [5.41, 5.74) is 1.22. The van der Waals surface area contributed by atoms with Crippen LogP contribution in [0.2, 0.25) is 0 Å². The van der Waals surface area contributed by atoms with Gasteiger partial charge in [-0.25, -0.2) is 4.99 Å². The first kappa shape index (κ1) is 27.4. The SMILES string of the molecule is Cc1nnc(CN=C(NCCCN(C)c2ccccc2)N(C)CCOc2ccccc2)n1C.I. The lowest BCUT2D eigenvalue weighted by Gasteiger charge is -2.24. The number of aromatic nitrogens is 3. The molecule has 8 nitrogen and oxygen atoms in total. The molecule has 0 fully saturated rings. The molecule has 1 aromatic heterocycles. The fourth-order valence-corrected chi connectivity index (χ4v) is 3.30. The number of hydrogen-bond donors (Lipinski definition) is 1. The number of aliphatic imine (C=N–C) groups is 1. The van der Waals surface area contributed by atoms with E-state index in [9.17, 15) is 0 Å². The minimum atomic E-state index is 0. The van der Waals surface area contributed by atoms with Crippen LogP contribution in [0.1, 0.15) is 18.1 Å². The average molecular weight is 578 g/mol. The number of para-hydroxylation sites is 2. The Kier molecular flexibility index (Phi) is 11.7. The third kappa shape index (κ3) is 8.51. The second-order valence-electron chi connectivity index (χ2n) is 7.98. The molecule has 0 saturated heterocycles. The normalized spacial score (nSPS) is 11.0. The summed E-state index contributed by atoms with van der Waals surface area (Å²) in [6.07, 6.45) is 0.988. The molecule has 0 amide bonds. The van der Waals surface area contributed by atoms with Gasteiger partial charge in [-0.2, -0.15) is 0 Å². The Balaban J connectivity index is 0.00000408. The third-order valence-electron chi connectivity index (χ3n) is 5.50. The molecule has 3 aromatic rings. The van der Waals surface area contributed by atoms with Crippen molar-refractivity contribution >= 4 is 35.6 Å². The molecule has 0 unspecified atom stereocenters. The number of ether oxygens (including phenoxy) is 1. The highest BCUT2D eigenvalue weighted by molar-refractivity contribution is 14.0. The number of benzene rings is 2. The molecule has 0 aliphatic rings. The van der Waals surface area contributed by atoms with Gasteiger partial charge in [-0.05, 0) is 37.6 Å². The van der Waals surface area contributed by atoms with Crippen LogP contribution in [-0.2, 0) is 13.6 Å². The summed E-state index contributed by atoms with van der Waals surface area (Å²) < 4.78 is 7.83. The zero-order valence-electron chi connectivity index (χ0n) is 20.5. The van der Waals surface area contributed by atoms with Crippen molar-refractivity contribution in [2.75, 3.05) is 45.2 Å². The summed E-state index contributed by atoms with van der Waals surface area (Å²) in [5.74, 6) is 3.42. The number of halogens is 1. The summed E-state index contributed by atoms with van der Waals surface area (Å²) in [6.45, 7) is 5.46. The predicted molar refractivity (Wildman–Crippen MR) is 149 cm³/mol. The summed E-state index contributed by atoms with van der Waals surface area (Å²) in [5, 5.41) is 11.9. The Morgan fingerprint density at radius 1 is 1.00 bits per heavy atom. The van der Waals surface area contributed by atoms with E-state index in [4.69, 9.17) is 9.73 Å². The predicted octanol–water partition coefficient (Wildman–Crippen LogP) is 3.72. The van der Waals surface area contributed by atoms with Gasteiger partial charge in [0.15, 0.2) is 11.8 Å². The minimum absolute atomic E-state index is 0. The smallest absolute Gasteiger partial charge is 0.194 e. The van der Waals surface area contributed by atoms with Gasteiger partial charge in [-0.3, -0.25) is 0 Å². The van der Waals surface area contributed by atoms with Crippen molar-refractivity contribution < 1.29 is 4.74 Å². The molecule has 3 rings (SSSR count). The molecule has 0 aliphatic carbocycles. The van der Waals surface area contributed by atoms with Crippen LogP contribution < -0.4 is 15.0 Å². The van der Waals surface area contributed by atoms with E-state index in [2.05, 4.69) is 56.6 Å². The van der Waals surface area contributed by atoms with Crippen molar-refractivity contribution in [3.05, 3.63) is 72.3 Å². The number of likely N-dealkylation sites (N-methyl/N-ethyl adjacent to an activating group) is 1. The van der Waals surface area contributed by atoms with E-state index in [1.54, 1.807) is 0 Å². The van der Waals surface area contributed by atoms with E-state index in [0.717, 1.165) is 42.9 Å². The molecule has 9 heteroatoms. The van der Waals surface area contributed by atoms with Gasteiger partial charge in [-0.15, -0.1) is 34.2 Å². The average Bonchev–Trinajstić information content (AvgIpc) is 3.16. The van der Waals surface area contributed by atoms with E-state index in [0.29, 0.717) is 19.7 Å². The lowest BCUT2D eigenvalue weighted by atomic mass is 10.3. The Hall–Kier alpha value is -2.82. The van der Waals surface area contributed by atoms with Gasteiger partial charge in [-0.1, -0.05) is 36.4 Å². The van der Waals surface area contributed by atoms with Crippen molar-refractivity contribution in [3.8, 4) is 5.75 Å². The first-order valence-corrected chi connectivity index (χ1v) is 11.3. The fourth-order valence-electron chi connectivity index (χ4n) is 3.30. The summed E-state index contributed by atoms with van der Waals surface area (Å²) in [4.78, 5) is 9.16. The van der Waals surface area contributed by atoms with Gasteiger partial charge < -0.3 is 24.4 Å². The van der Waals surface area contributed by atoms with Gasteiger partial charge >= 0.3 is 0 Å². The molecule has 0 saturated carbocycles. The Labute approximate surface area is 220 Å². The van der Waals surface area contributed by atoms with Crippen molar-refractivity contribution in [1.82, 2.24) is 25.0 Å². The van der Waals surface area contributed by atoms with E-state index < -0.39 is 0 Å². The summed E-state index contributed by atoms with van der Waals surface area (Å²) in [7, 11) is 6.11. The first-order valence-electron chi connectivity index (χ1n) is 11.3. The number of hydrogen-bond acceptors (Lipinski definition) is 5. The van der Waals surface area contributed by atoms with Crippen LogP contribution in [-0.4, -0.2) is 66.0 Å². The van der Waals surface area contributed by atoms with Gasteiger partial charge in [0.2, 0.25) is 0 Å². The van der Waals surface area contributed by atoms with Gasteiger partial charge in [0, 0.05) is 39.9 Å². The highest BCUT2D eigenvalue weighted by atomic mass is 127. The molecular formula is C25H36IN7O. The Morgan fingerprint density at radius 3 is 2.32 bits per heavy atom. The van der Waals surface area contributed by atoms with Crippen LogP contribution in [0.15, 0.2) is 65.7 Å². The third-order valence-corrected chi connectivity index (χ3v) is 5.50. The monoisotopic (exact) mass is 577 g/mol. The Bertz CT molecular complexity index is 995.